The zero-order valence-corrected chi connectivity index (χ0v) is 20.8. The fourth-order valence-corrected chi connectivity index (χ4v) is 3.49. The number of nitrogens with one attached hydrogen (secondary N) is 3. The number of carbonyl (C=O) groups is 3. The molecule has 2 aromatic carbocycles. The van der Waals surface area contributed by atoms with Gasteiger partial charge in [-0.15, -0.1) is 0 Å². The molecule has 1 aliphatic carbocycles. The van der Waals surface area contributed by atoms with Crippen LogP contribution in [0.5, 0.6) is 11.5 Å². The number of ether oxygens (including phenoxy) is 2. The van der Waals surface area contributed by atoms with E-state index in [4.69, 9.17) is 9.47 Å². The summed E-state index contributed by atoms with van der Waals surface area (Å²) in [5.41, 5.74) is 5.70. The van der Waals surface area contributed by atoms with E-state index in [1.807, 2.05) is 39.0 Å². The van der Waals surface area contributed by atoms with Gasteiger partial charge in [0.05, 0.1) is 17.3 Å². The minimum absolute atomic E-state index is 0.0857. The summed E-state index contributed by atoms with van der Waals surface area (Å²) in [5.74, 6) is -1.09. The maximum atomic E-state index is 12.4. The van der Waals surface area contributed by atoms with Gasteiger partial charge in [0.15, 0.2) is 18.1 Å². The highest BCUT2D eigenvalue weighted by Crippen LogP contribution is 2.36. The average molecular weight is 531 g/mol. The van der Waals surface area contributed by atoms with E-state index in [-0.39, 0.29) is 18.6 Å². The molecule has 1 aliphatic rings. The molecule has 1 saturated carbocycles. The molecule has 0 saturated heterocycles. The number of rotatable bonds is 9. The van der Waals surface area contributed by atoms with Crippen molar-refractivity contribution >= 4 is 45.6 Å². The summed E-state index contributed by atoms with van der Waals surface area (Å²) in [6.07, 6.45) is 3.16. The lowest BCUT2D eigenvalue weighted by molar-refractivity contribution is -0.139. The molecule has 0 bridgehead atoms. The van der Waals surface area contributed by atoms with Crippen molar-refractivity contribution in [2.45, 2.75) is 39.7 Å². The minimum atomic E-state index is -0.831. The van der Waals surface area contributed by atoms with Gasteiger partial charge in [-0.3, -0.25) is 14.4 Å². The molecule has 0 heterocycles. The Morgan fingerprint density at radius 3 is 2.53 bits per heavy atom. The first kappa shape index (κ1) is 25.2. The normalized spacial score (nSPS) is 12.8. The van der Waals surface area contributed by atoms with E-state index in [1.165, 1.54) is 6.21 Å². The molecule has 0 unspecified atom stereocenters. The van der Waals surface area contributed by atoms with Gasteiger partial charge in [0.2, 0.25) is 0 Å². The van der Waals surface area contributed by atoms with Gasteiger partial charge in [-0.25, -0.2) is 5.43 Å². The molecule has 3 rings (SSSR count). The van der Waals surface area contributed by atoms with Crippen molar-refractivity contribution in [3.05, 3.63) is 51.5 Å². The molecule has 0 spiro atoms. The monoisotopic (exact) mass is 530 g/mol. The quantitative estimate of drug-likeness (QED) is 0.261. The second kappa shape index (κ2) is 11.6. The van der Waals surface area contributed by atoms with E-state index in [0.717, 1.165) is 24.0 Å². The second-order valence-corrected chi connectivity index (χ2v) is 8.70. The van der Waals surface area contributed by atoms with E-state index >= 15 is 0 Å². The van der Waals surface area contributed by atoms with E-state index in [1.54, 1.807) is 12.1 Å². The van der Waals surface area contributed by atoms with Crippen LogP contribution in [0.25, 0.3) is 0 Å². The molecule has 10 heteroatoms. The second-order valence-electron chi connectivity index (χ2n) is 7.85. The highest BCUT2D eigenvalue weighted by molar-refractivity contribution is 9.10. The molecule has 0 aromatic heterocycles. The van der Waals surface area contributed by atoms with Crippen molar-refractivity contribution in [1.29, 1.82) is 0 Å². The fourth-order valence-electron chi connectivity index (χ4n) is 2.91. The molecule has 180 valence electrons. The van der Waals surface area contributed by atoms with Crippen LogP contribution in [0.3, 0.4) is 0 Å². The Morgan fingerprint density at radius 1 is 1.09 bits per heavy atom. The van der Waals surface area contributed by atoms with Crippen LogP contribution in [0.4, 0.5) is 5.69 Å². The van der Waals surface area contributed by atoms with Gasteiger partial charge in [-0.2, -0.15) is 5.10 Å². The predicted molar refractivity (Wildman–Crippen MR) is 132 cm³/mol. The van der Waals surface area contributed by atoms with Crippen LogP contribution in [0.1, 0.15) is 36.5 Å². The van der Waals surface area contributed by atoms with Crippen molar-refractivity contribution in [2.75, 3.05) is 18.5 Å². The zero-order valence-electron chi connectivity index (χ0n) is 19.2. The van der Waals surface area contributed by atoms with Gasteiger partial charge in [0.1, 0.15) is 0 Å². The molecule has 3 amide bonds. The standard InChI is InChI=1S/C24H27BrN4O5/c1-4-33-20-11-16(12-26-29-24(32)23(31)28-17-7-8-17)10-19(25)22(20)34-13-21(30)27-18-6-5-14(2)15(3)9-18/h5-6,9-12,17H,4,7-8,13H2,1-3H3,(H,27,30)(H,28,31)(H,29,32)/b26-12-. The highest BCUT2D eigenvalue weighted by atomic mass is 79.9. The first-order chi connectivity index (χ1) is 16.3. The maximum absolute atomic E-state index is 12.4. The molecule has 0 radical (unpaired) electrons. The van der Waals surface area contributed by atoms with Crippen LogP contribution in [0, 0.1) is 13.8 Å². The van der Waals surface area contributed by atoms with Crippen LogP contribution in [0.2, 0.25) is 0 Å². The molecule has 0 atom stereocenters. The van der Waals surface area contributed by atoms with Crippen molar-refractivity contribution in [3.63, 3.8) is 0 Å². The maximum Gasteiger partial charge on any atom is 0.329 e. The number of hydrogen-bond acceptors (Lipinski definition) is 6. The van der Waals surface area contributed by atoms with Crippen molar-refractivity contribution < 1.29 is 23.9 Å². The topological polar surface area (TPSA) is 118 Å². The summed E-state index contributed by atoms with van der Waals surface area (Å²) in [6, 6.07) is 9.12. The third kappa shape index (κ3) is 7.31. The van der Waals surface area contributed by atoms with Crippen LogP contribution in [-0.4, -0.2) is 43.2 Å². The average Bonchev–Trinajstić information content (AvgIpc) is 3.60. The number of amides is 3. The first-order valence-corrected chi connectivity index (χ1v) is 11.7. The van der Waals surface area contributed by atoms with E-state index in [9.17, 15) is 14.4 Å². The van der Waals surface area contributed by atoms with Gasteiger partial charge in [0.25, 0.3) is 5.91 Å². The summed E-state index contributed by atoms with van der Waals surface area (Å²) < 4.78 is 11.9. The summed E-state index contributed by atoms with van der Waals surface area (Å²) in [4.78, 5) is 35.8. The highest BCUT2D eigenvalue weighted by Gasteiger charge is 2.26. The Labute approximate surface area is 206 Å². The summed E-state index contributed by atoms with van der Waals surface area (Å²) in [6.45, 7) is 5.96. The smallest absolute Gasteiger partial charge is 0.329 e. The third-order valence-corrected chi connectivity index (χ3v) is 5.56. The van der Waals surface area contributed by atoms with Crippen LogP contribution in [0.15, 0.2) is 39.9 Å². The largest absolute Gasteiger partial charge is 0.490 e. The van der Waals surface area contributed by atoms with Crippen LogP contribution >= 0.6 is 15.9 Å². The van der Waals surface area contributed by atoms with Crippen molar-refractivity contribution in [1.82, 2.24) is 10.7 Å². The lowest BCUT2D eigenvalue weighted by Crippen LogP contribution is -2.38. The number of hydrogen-bond donors (Lipinski definition) is 3. The number of carbonyl (C=O) groups excluding carboxylic acids is 3. The van der Waals surface area contributed by atoms with Gasteiger partial charge in [0, 0.05) is 11.7 Å². The van der Waals surface area contributed by atoms with Gasteiger partial charge < -0.3 is 20.1 Å². The molecule has 2 aromatic rings. The third-order valence-electron chi connectivity index (χ3n) is 4.97. The molecule has 3 N–H and O–H groups in total. The SMILES string of the molecule is CCOc1cc(/C=N\NC(=O)C(=O)NC2CC2)cc(Br)c1OCC(=O)Nc1ccc(C)c(C)c1. The molecule has 1 fully saturated rings. The molecule has 34 heavy (non-hydrogen) atoms. The lowest BCUT2D eigenvalue weighted by atomic mass is 10.1. The van der Waals surface area contributed by atoms with E-state index in [0.29, 0.717) is 33.8 Å². The van der Waals surface area contributed by atoms with Gasteiger partial charge >= 0.3 is 11.8 Å². The van der Waals surface area contributed by atoms with Crippen molar-refractivity contribution in [2.24, 2.45) is 5.10 Å². The number of aryl methyl sites for hydroxylation is 2. The Balaban J connectivity index is 1.61. The summed E-state index contributed by atoms with van der Waals surface area (Å²) in [7, 11) is 0. The Bertz CT molecular complexity index is 1110. The van der Waals surface area contributed by atoms with E-state index < -0.39 is 11.8 Å². The Kier molecular flexibility index (Phi) is 8.64. The van der Waals surface area contributed by atoms with Gasteiger partial charge in [-0.1, -0.05) is 6.07 Å². The number of halogens is 1. The van der Waals surface area contributed by atoms with Crippen LogP contribution in [-0.2, 0) is 14.4 Å². The van der Waals surface area contributed by atoms with E-state index in [2.05, 4.69) is 37.1 Å². The molecule has 9 nitrogen and oxygen atoms in total. The number of nitrogens with zero attached hydrogens (tertiary/aromatic N) is 1. The summed E-state index contributed by atoms with van der Waals surface area (Å²) >= 11 is 3.43. The number of benzene rings is 2. The van der Waals surface area contributed by atoms with Gasteiger partial charge in [-0.05, 0) is 90.5 Å². The number of hydrazone groups is 1. The Hall–Kier alpha value is -3.40. The lowest BCUT2D eigenvalue weighted by Gasteiger charge is -2.15. The Morgan fingerprint density at radius 2 is 1.85 bits per heavy atom. The first-order valence-electron chi connectivity index (χ1n) is 10.9. The number of anilines is 1. The zero-order chi connectivity index (χ0) is 24.7. The minimum Gasteiger partial charge on any atom is -0.490 e. The fraction of sp³-hybridized carbons (Fsp3) is 0.333. The molecular formula is C24H27BrN4O5. The van der Waals surface area contributed by atoms with Crippen LogP contribution < -0.4 is 25.5 Å². The van der Waals surface area contributed by atoms with Crippen molar-refractivity contribution in [3.8, 4) is 11.5 Å². The molecule has 0 aliphatic heterocycles. The predicted octanol–water partition coefficient (Wildman–Crippen LogP) is 3.21. The molecular weight excluding hydrogens is 504 g/mol. The summed E-state index contributed by atoms with van der Waals surface area (Å²) in [5, 5.41) is 9.23.